The van der Waals surface area contributed by atoms with Crippen molar-refractivity contribution in [3.63, 3.8) is 0 Å². The zero-order valence-corrected chi connectivity index (χ0v) is 15.4. The molecule has 0 radical (unpaired) electrons. The topological polar surface area (TPSA) is 43.9 Å². The van der Waals surface area contributed by atoms with Crippen LogP contribution in [-0.4, -0.2) is 72.8 Å². The molecule has 5 heteroatoms. The van der Waals surface area contributed by atoms with Gasteiger partial charge in [-0.05, 0) is 51.9 Å². The summed E-state index contributed by atoms with van der Waals surface area (Å²) >= 11 is 0. The summed E-state index contributed by atoms with van der Waals surface area (Å²) in [4.78, 5) is 31.8. The van der Waals surface area contributed by atoms with Gasteiger partial charge >= 0.3 is 0 Å². The van der Waals surface area contributed by atoms with Crippen LogP contribution in [-0.2, 0) is 4.79 Å². The Labute approximate surface area is 150 Å². The van der Waals surface area contributed by atoms with Crippen molar-refractivity contribution in [1.29, 1.82) is 0 Å². The molecule has 1 unspecified atom stereocenters. The molecule has 1 aromatic rings. The third-order valence-electron chi connectivity index (χ3n) is 5.39. The second-order valence-corrected chi connectivity index (χ2v) is 7.44. The first-order valence-electron chi connectivity index (χ1n) is 9.38. The number of carbonyl (C=O) groups excluding carboxylic acids is 2. The van der Waals surface area contributed by atoms with Gasteiger partial charge in [0.25, 0.3) is 5.91 Å². The number of likely N-dealkylation sites (tertiary alicyclic amines) is 1. The zero-order chi connectivity index (χ0) is 17.8. The Hall–Kier alpha value is -1.88. The predicted molar refractivity (Wildman–Crippen MR) is 98.5 cm³/mol. The molecule has 1 atom stereocenters. The van der Waals surface area contributed by atoms with Gasteiger partial charge in [0, 0.05) is 38.3 Å². The summed E-state index contributed by atoms with van der Waals surface area (Å²) < 4.78 is 0. The first-order chi connectivity index (χ1) is 12.0. The first-order valence-corrected chi connectivity index (χ1v) is 9.38. The number of nitrogens with zero attached hydrogens (tertiary/aromatic N) is 3. The Kier molecular flexibility index (Phi) is 5.74. The Bertz CT molecular complexity index is 614. The maximum Gasteiger partial charge on any atom is 0.253 e. The molecule has 2 aliphatic heterocycles. The largest absolute Gasteiger partial charge is 0.341 e. The van der Waals surface area contributed by atoms with Crippen LogP contribution in [0.2, 0.25) is 0 Å². The summed E-state index contributed by atoms with van der Waals surface area (Å²) in [7, 11) is 2.11. The maximum atomic E-state index is 12.9. The lowest BCUT2D eigenvalue weighted by molar-refractivity contribution is -0.136. The van der Waals surface area contributed by atoms with Gasteiger partial charge in [0.2, 0.25) is 5.91 Å². The minimum absolute atomic E-state index is 0.0492. The van der Waals surface area contributed by atoms with E-state index in [0.29, 0.717) is 6.54 Å². The van der Waals surface area contributed by atoms with Crippen molar-refractivity contribution in [2.45, 2.75) is 26.2 Å². The van der Waals surface area contributed by atoms with Crippen molar-refractivity contribution in [2.75, 3.05) is 46.3 Å². The van der Waals surface area contributed by atoms with Gasteiger partial charge < -0.3 is 14.7 Å². The van der Waals surface area contributed by atoms with Gasteiger partial charge in [-0.2, -0.15) is 0 Å². The number of piperidine rings is 1. The third-order valence-corrected chi connectivity index (χ3v) is 5.39. The number of rotatable bonds is 2. The van der Waals surface area contributed by atoms with Crippen LogP contribution in [0, 0.1) is 12.8 Å². The van der Waals surface area contributed by atoms with Crippen LogP contribution in [0.3, 0.4) is 0 Å². The lowest BCUT2D eigenvalue weighted by Crippen LogP contribution is -2.47. The highest BCUT2D eigenvalue weighted by molar-refractivity contribution is 5.94. The molecule has 0 aromatic heterocycles. The summed E-state index contributed by atoms with van der Waals surface area (Å²) in [5, 5.41) is 0. The van der Waals surface area contributed by atoms with E-state index < -0.39 is 0 Å². The summed E-state index contributed by atoms with van der Waals surface area (Å²) in [6.45, 7) is 6.94. The standard InChI is InChI=1S/C20H29N3O2/c1-16-6-8-17(9-7-16)19(24)23-11-3-5-18(15-23)20(25)22-12-4-10-21(2)13-14-22/h6-9,18H,3-5,10-15H2,1-2H3. The zero-order valence-electron chi connectivity index (χ0n) is 15.4. The Balaban J connectivity index is 1.63. The quantitative estimate of drug-likeness (QED) is 0.825. The fourth-order valence-electron chi connectivity index (χ4n) is 3.77. The fraction of sp³-hybridized carbons (Fsp3) is 0.600. The molecule has 1 aromatic carbocycles. The minimum atomic E-state index is -0.0495. The van der Waals surface area contributed by atoms with Crippen LogP contribution >= 0.6 is 0 Å². The van der Waals surface area contributed by atoms with E-state index in [1.165, 1.54) is 0 Å². The van der Waals surface area contributed by atoms with Gasteiger partial charge in [0.1, 0.15) is 0 Å². The maximum absolute atomic E-state index is 12.9. The third kappa shape index (κ3) is 4.40. The number of aryl methyl sites for hydroxylation is 1. The van der Waals surface area contributed by atoms with Gasteiger partial charge in [-0.25, -0.2) is 0 Å². The van der Waals surface area contributed by atoms with E-state index in [0.717, 1.165) is 63.1 Å². The van der Waals surface area contributed by atoms with E-state index in [9.17, 15) is 9.59 Å². The van der Waals surface area contributed by atoms with Crippen molar-refractivity contribution in [3.05, 3.63) is 35.4 Å². The van der Waals surface area contributed by atoms with Gasteiger partial charge in [-0.15, -0.1) is 0 Å². The molecular formula is C20H29N3O2. The van der Waals surface area contributed by atoms with E-state index in [2.05, 4.69) is 11.9 Å². The van der Waals surface area contributed by atoms with Crippen molar-refractivity contribution in [3.8, 4) is 0 Å². The molecule has 25 heavy (non-hydrogen) atoms. The minimum Gasteiger partial charge on any atom is -0.341 e. The normalized spacial score (nSPS) is 22.6. The van der Waals surface area contributed by atoms with Gasteiger partial charge in [0.15, 0.2) is 0 Å². The number of amides is 2. The summed E-state index contributed by atoms with van der Waals surface area (Å²) in [6.07, 6.45) is 2.82. The van der Waals surface area contributed by atoms with E-state index in [1.54, 1.807) is 0 Å². The molecule has 2 saturated heterocycles. The molecule has 2 aliphatic rings. The first kappa shape index (κ1) is 17.9. The van der Waals surface area contributed by atoms with Crippen LogP contribution < -0.4 is 0 Å². The van der Waals surface area contributed by atoms with Gasteiger partial charge in [-0.3, -0.25) is 9.59 Å². The molecule has 2 fully saturated rings. The second-order valence-electron chi connectivity index (χ2n) is 7.44. The van der Waals surface area contributed by atoms with Crippen molar-refractivity contribution >= 4 is 11.8 Å². The Morgan fingerprint density at radius 1 is 0.920 bits per heavy atom. The molecular weight excluding hydrogens is 314 g/mol. The van der Waals surface area contributed by atoms with Crippen molar-refractivity contribution in [2.24, 2.45) is 5.92 Å². The number of carbonyl (C=O) groups is 2. The molecule has 0 N–H and O–H groups in total. The van der Waals surface area contributed by atoms with Crippen LogP contribution in [0.15, 0.2) is 24.3 Å². The predicted octanol–water partition coefficient (Wildman–Crippen LogP) is 2.01. The molecule has 136 valence electrons. The molecule has 0 aliphatic carbocycles. The van der Waals surface area contributed by atoms with Gasteiger partial charge in [0.05, 0.1) is 5.92 Å². The van der Waals surface area contributed by atoms with E-state index in [4.69, 9.17) is 0 Å². The van der Waals surface area contributed by atoms with Crippen molar-refractivity contribution in [1.82, 2.24) is 14.7 Å². The number of hydrogen-bond donors (Lipinski definition) is 0. The van der Waals surface area contributed by atoms with E-state index in [-0.39, 0.29) is 17.7 Å². The Morgan fingerprint density at radius 2 is 1.64 bits per heavy atom. The highest BCUT2D eigenvalue weighted by Gasteiger charge is 2.32. The summed E-state index contributed by atoms with van der Waals surface area (Å²) in [5.41, 5.74) is 1.87. The van der Waals surface area contributed by atoms with Crippen LogP contribution in [0.5, 0.6) is 0 Å². The number of likely N-dealkylation sites (N-methyl/N-ethyl adjacent to an activating group) is 1. The highest BCUT2D eigenvalue weighted by atomic mass is 16.2. The Morgan fingerprint density at radius 3 is 2.40 bits per heavy atom. The van der Waals surface area contributed by atoms with Crippen LogP contribution in [0.4, 0.5) is 0 Å². The average molecular weight is 343 g/mol. The monoisotopic (exact) mass is 343 g/mol. The highest BCUT2D eigenvalue weighted by Crippen LogP contribution is 2.21. The molecule has 2 heterocycles. The van der Waals surface area contributed by atoms with Crippen molar-refractivity contribution < 1.29 is 9.59 Å². The SMILES string of the molecule is Cc1ccc(C(=O)N2CCCC(C(=O)N3CCCN(C)CC3)C2)cc1. The van der Waals surface area contributed by atoms with Crippen LogP contribution in [0.25, 0.3) is 0 Å². The lowest BCUT2D eigenvalue weighted by atomic mass is 9.95. The molecule has 3 rings (SSSR count). The number of hydrogen-bond acceptors (Lipinski definition) is 3. The lowest BCUT2D eigenvalue weighted by Gasteiger charge is -2.35. The number of benzene rings is 1. The van der Waals surface area contributed by atoms with Gasteiger partial charge in [-0.1, -0.05) is 17.7 Å². The van der Waals surface area contributed by atoms with E-state index in [1.807, 2.05) is 41.0 Å². The smallest absolute Gasteiger partial charge is 0.253 e. The molecule has 2 amide bonds. The summed E-state index contributed by atoms with van der Waals surface area (Å²) in [6, 6.07) is 7.70. The van der Waals surface area contributed by atoms with Crippen LogP contribution in [0.1, 0.15) is 35.2 Å². The van der Waals surface area contributed by atoms with E-state index >= 15 is 0 Å². The average Bonchev–Trinajstić information content (AvgIpc) is 2.86. The molecule has 0 saturated carbocycles. The molecule has 5 nitrogen and oxygen atoms in total. The molecule has 0 bridgehead atoms. The fourth-order valence-corrected chi connectivity index (χ4v) is 3.77. The second kappa shape index (κ2) is 8.00. The summed E-state index contributed by atoms with van der Waals surface area (Å²) in [5.74, 6) is 0.233. The molecule has 0 spiro atoms.